The highest BCUT2D eigenvalue weighted by atomic mass is 16.5. The summed E-state index contributed by atoms with van der Waals surface area (Å²) in [5, 5.41) is 3.00. The second-order valence-electron chi connectivity index (χ2n) is 5.58. The van der Waals surface area contributed by atoms with E-state index in [1.807, 2.05) is 4.90 Å². The number of nitrogens with one attached hydrogen (secondary N) is 1. The van der Waals surface area contributed by atoms with Crippen molar-refractivity contribution < 1.29 is 14.3 Å². The van der Waals surface area contributed by atoms with Gasteiger partial charge >= 0.3 is 0 Å². The minimum Gasteiger partial charge on any atom is -0.385 e. The molecule has 0 atom stereocenters. The minimum absolute atomic E-state index is 0.0180. The number of ether oxygens (including phenoxy) is 1. The fourth-order valence-electron chi connectivity index (χ4n) is 3.13. The average Bonchev–Trinajstić information content (AvgIpc) is 2.52. The van der Waals surface area contributed by atoms with Gasteiger partial charge in [-0.2, -0.15) is 0 Å². The van der Waals surface area contributed by atoms with Gasteiger partial charge < -0.3 is 15.0 Å². The molecule has 2 fully saturated rings. The van der Waals surface area contributed by atoms with E-state index in [1.165, 1.54) is 0 Å². The molecule has 2 aliphatic rings. The van der Waals surface area contributed by atoms with Crippen LogP contribution in [0.2, 0.25) is 0 Å². The van der Waals surface area contributed by atoms with E-state index in [1.54, 1.807) is 7.11 Å². The molecule has 0 aromatic carbocycles. The smallest absolute Gasteiger partial charge is 0.248 e. The molecule has 0 bridgehead atoms. The van der Waals surface area contributed by atoms with Crippen LogP contribution in [0, 0.1) is 0 Å². The number of carbonyl (C=O) groups is 2. The number of rotatable bonds is 4. The fraction of sp³-hybridized carbons (Fsp3) is 0.857. The lowest BCUT2D eigenvalue weighted by atomic mass is 9.80. The van der Waals surface area contributed by atoms with E-state index in [9.17, 15) is 9.59 Å². The van der Waals surface area contributed by atoms with Crippen molar-refractivity contribution in [3.63, 3.8) is 0 Å². The maximum absolute atomic E-state index is 12.7. The summed E-state index contributed by atoms with van der Waals surface area (Å²) in [7, 11) is 1.66. The van der Waals surface area contributed by atoms with E-state index >= 15 is 0 Å². The summed E-state index contributed by atoms with van der Waals surface area (Å²) in [6.07, 6.45) is 6.04. The lowest BCUT2D eigenvalue weighted by Crippen LogP contribution is -2.58. The number of methoxy groups -OCH3 is 1. The van der Waals surface area contributed by atoms with E-state index in [4.69, 9.17) is 4.74 Å². The predicted octanol–water partition coefficient (Wildman–Crippen LogP) is 1.07. The molecule has 2 amide bonds. The van der Waals surface area contributed by atoms with Crippen molar-refractivity contribution in [3.8, 4) is 0 Å². The molecule has 108 valence electrons. The van der Waals surface area contributed by atoms with Crippen LogP contribution in [0.25, 0.3) is 0 Å². The SMILES string of the molecule is COCCCN1CCC(=O)NC2(CCCCC2)C1=O. The third kappa shape index (κ3) is 3.26. The molecule has 2 rings (SSSR count). The average molecular weight is 268 g/mol. The van der Waals surface area contributed by atoms with Crippen LogP contribution in [0.4, 0.5) is 0 Å². The van der Waals surface area contributed by atoms with Crippen LogP contribution in [0.15, 0.2) is 0 Å². The fourth-order valence-corrected chi connectivity index (χ4v) is 3.13. The summed E-state index contributed by atoms with van der Waals surface area (Å²) in [5.74, 6) is 0.138. The molecule has 19 heavy (non-hydrogen) atoms. The number of carbonyl (C=O) groups excluding carboxylic acids is 2. The zero-order valence-corrected chi connectivity index (χ0v) is 11.7. The van der Waals surface area contributed by atoms with Crippen molar-refractivity contribution in [3.05, 3.63) is 0 Å². The Hall–Kier alpha value is -1.10. The first-order valence-electron chi connectivity index (χ1n) is 7.27. The molecule has 1 aliphatic heterocycles. The van der Waals surface area contributed by atoms with E-state index in [0.29, 0.717) is 26.1 Å². The Morgan fingerprint density at radius 1 is 1.26 bits per heavy atom. The van der Waals surface area contributed by atoms with Gasteiger partial charge in [0.05, 0.1) is 0 Å². The highest BCUT2D eigenvalue weighted by molar-refractivity contribution is 5.93. The molecule has 0 unspecified atom stereocenters. The third-order valence-electron chi connectivity index (χ3n) is 4.17. The van der Waals surface area contributed by atoms with Crippen molar-refractivity contribution in [2.75, 3.05) is 26.8 Å². The summed E-state index contributed by atoms with van der Waals surface area (Å²) in [6.45, 7) is 1.87. The molecule has 1 spiro atoms. The van der Waals surface area contributed by atoms with Crippen molar-refractivity contribution >= 4 is 11.8 Å². The number of amides is 2. The van der Waals surface area contributed by atoms with Crippen molar-refractivity contribution in [1.29, 1.82) is 0 Å². The molecular weight excluding hydrogens is 244 g/mol. The molecular formula is C14H24N2O3. The van der Waals surface area contributed by atoms with Crippen molar-refractivity contribution in [2.45, 2.75) is 50.5 Å². The number of nitrogens with zero attached hydrogens (tertiary/aromatic N) is 1. The predicted molar refractivity (Wildman–Crippen MR) is 71.6 cm³/mol. The zero-order valence-electron chi connectivity index (χ0n) is 11.7. The van der Waals surface area contributed by atoms with E-state index in [0.717, 1.165) is 38.5 Å². The molecule has 0 radical (unpaired) electrons. The van der Waals surface area contributed by atoms with Crippen LogP contribution in [0.5, 0.6) is 0 Å². The lowest BCUT2D eigenvalue weighted by molar-refractivity contribution is -0.140. The van der Waals surface area contributed by atoms with Gasteiger partial charge in [0.2, 0.25) is 11.8 Å². The Morgan fingerprint density at radius 3 is 2.68 bits per heavy atom. The van der Waals surface area contributed by atoms with Gasteiger partial charge in [-0.15, -0.1) is 0 Å². The Labute approximate surface area is 114 Å². The zero-order chi connectivity index (χ0) is 13.7. The van der Waals surface area contributed by atoms with E-state index in [2.05, 4.69) is 5.32 Å². The van der Waals surface area contributed by atoms with Gasteiger partial charge in [0, 0.05) is 33.2 Å². The van der Waals surface area contributed by atoms with E-state index < -0.39 is 5.54 Å². The Bertz CT molecular complexity index is 338. The van der Waals surface area contributed by atoms with Crippen molar-refractivity contribution in [2.24, 2.45) is 0 Å². The van der Waals surface area contributed by atoms with Crippen LogP contribution in [0.3, 0.4) is 0 Å². The van der Waals surface area contributed by atoms with Crippen molar-refractivity contribution in [1.82, 2.24) is 10.2 Å². The largest absolute Gasteiger partial charge is 0.385 e. The van der Waals surface area contributed by atoms with Gasteiger partial charge in [0.1, 0.15) is 5.54 Å². The number of hydrogen-bond donors (Lipinski definition) is 1. The Kier molecular flexibility index (Phi) is 4.80. The Morgan fingerprint density at radius 2 is 2.00 bits per heavy atom. The molecule has 0 aromatic heterocycles. The molecule has 1 heterocycles. The quantitative estimate of drug-likeness (QED) is 0.776. The minimum atomic E-state index is -0.612. The Balaban J connectivity index is 2.08. The molecule has 1 saturated carbocycles. The van der Waals surface area contributed by atoms with Crippen LogP contribution in [-0.4, -0.2) is 49.1 Å². The summed E-state index contributed by atoms with van der Waals surface area (Å²) in [5.41, 5.74) is -0.612. The maximum atomic E-state index is 12.7. The summed E-state index contributed by atoms with van der Waals surface area (Å²) in [6, 6.07) is 0. The summed E-state index contributed by atoms with van der Waals surface area (Å²) < 4.78 is 5.04. The molecule has 0 aromatic rings. The first-order valence-corrected chi connectivity index (χ1v) is 7.27. The van der Waals surface area contributed by atoms with Gasteiger partial charge in [-0.3, -0.25) is 9.59 Å². The van der Waals surface area contributed by atoms with Crippen LogP contribution in [-0.2, 0) is 14.3 Å². The van der Waals surface area contributed by atoms with Gasteiger partial charge in [0.15, 0.2) is 0 Å². The molecule has 1 aliphatic carbocycles. The molecule has 1 N–H and O–H groups in total. The van der Waals surface area contributed by atoms with Crippen LogP contribution in [0.1, 0.15) is 44.9 Å². The molecule has 5 nitrogen and oxygen atoms in total. The summed E-state index contributed by atoms with van der Waals surface area (Å²) >= 11 is 0. The second-order valence-corrected chi connectivity index (χ2v) is 5.58. The van der Waals surface area contributed by atoms with Gasteiger partial charge in [-0.25, -0.2) is 0 Å². The van der Waals surface area contributed by atoms with Gasteiger partial charge in [0.25, 0.3) is 0 Å². The standard InChI is InChI=1S/C14H24N2O3/c1-19-11-5-9-16-10-6-12(17)15-14(13(16)18)7-3-2-4-8-14/h2-11H2,1H3,(H,15,17). The lowest BCUT2D eigenvalue weighted by Gasteiger charge is -2.38. The third-order valence-corrected chi connectivity index (χ3v) is 4.17. The molecule has 5 heteroatoms. The topological polar surface area (TPSA) is 58.6 Å². The number of hydrogen-bond acceptors (Lipinski definition) is 3. The monoisotopic (exact) mass is 268 g/mol. The first kappa shape index (κ1) is 14.3. The second kappa shape index (κ2) is 6.37. The highest BCUT2D eigenvalue weighted by Gasteiger charge is 2.44. The normalized spacial score (nSPS) is 23.3. The highest BCUT2D eigenvalue weighted by Crippen LogP contribution is 2.31. The van der Waals surface area contributed by atoms with Crippen LogP contribution < -0.4 is 5.32 Å². The van der Waals surface area contributed by atoms with Gasteiger partial charge in [-0.05, 0) is 19.3 Å². The van der Waals surface area contributed by atoms with Crippen LogP contribution >= 0.6 is 0 Å². The van der Waals surface area contributed by atoms with Gasteiger partial charge in [-0.1, -0.05) is 19.3 Å². The first-order chi connectivity index (χ1) is 9.18. The summed E-state index contributed by atoms with van der Waals surface area (Å²) in [4.78, 5) is 26.4. The molecule has 1 saturated heterocycles. The van der Waals surface area contributed by atoms with E-state index in [-0.39, 0.29) is 11.8 Å². The maximum Gasteiger partial charge on any atom is 0.248 e.